The normalized spacial score (nSPS) is 23.0. The van der Waals surface area contributed by atoms with Crippen molar-refractivity contribution < 1.29 is 27.9 Å². The predicted octanol–water partition coefficient (Wildman–Crippen LogP) is 4.70. The van der Waals surface area contributed by atoms with Gasteiger partial charge < -0.3 is 13.8 Å². The molecule has 2 atom stereocenters. The number of ether oxygens (including phenoxy) is 1. The quantitative estimate of drug-likeness (QED) is 0.501. The van der Waals surface area contributed by atoms with E-state index < -0.39 is 36.4 Å². The molecular formula is C20H28NO6P. The molecule has 8 heteroatoms. The molecule has 0 aliphatic carbocycles. The summed E-state index contributed by atoms with van der Waals surface area (Å²) >= 11 is 0. The zero-order chi connectivity index (χ0) is 21.2. The first-order valence-corrected chi connectivity index (χ1v) is 10.5. The van der Waals surface area contributed by atoms with E-state index in [0.29, 0.717) is 0 Å². The highest BCUT2D eigenvalue weighted by molar-refractivity contribution is 7.56. The van der Waals surface area contributed by atoms with Crippen LogP contribution in [0.2, 0.25) is 0 Å². The molecule has 0 N–H and O–H groups in total. The molecule has 1 amide bonds. The maximum Gasteiger partial charge on any atom is 0.412 e. The van der Waals surface area contributed by atoms with E-state index in [0.717, 1.165) is 5.56 Å². The van der Waals surface area contributed by atoms with Crippen molar-refractivity contribution in [3.8, 4) is 0 Å². The van der Waals surface area contributed by atoms with E-state index in [2.05, 4.69) is 6.58 Å². The summed E-state index contributed by atoms with van der Waals surface area (Å²) in [6.07, 6.45) is 0.553. The van der Waals surface area contributed by atoms with Gasteiger partial charge in [0.25, 0.3) is 0 Å². The Bertz CT molecular complexity index is 780. The average molecular weight is 409 g/mol. The molecule has 0 aromatic heterocycles. The van der Waals surface area contributed by atoms with Crippen LogP contribution in [0.5, 0.6) is 0 Å². The number of benzene rings is 1. The Balaban J connectivity index is 2.72. The van der Waals surface area contributed by atoms with Crippen LogP contribution in [0, 0.1) is 0 Å². The van der Waals surface area contributed by atoms with Crippen LogP contribution in [0.4, 0.5) is 4.79 Å². The lowest BCUT2D eigenvalue weighted by molar-refractivity contribution is -0.122. The number of ketones is 1. The maximum atomic E-state index is 13.6. The number of carbonyl (C=O) groups is 2. The highest BCUT2D eigenvalue weighted by Gasteiger charge is 2.67. The summed E-state index contributed by atoms with van der Waals surface area (Å²) in [7, 11) is -1.66. The highest BCUT2D eigenvalue weighted by Crippen LogP contribution is 2.67. The van der Waals surface area contributed by atoms with Crippen molar-refractivity contribution in [1.82, 2.24) is 4.90 Å². The average Bonchev–Trinajstić information content (AvgIpc) is 2.94. The number of nitrogens with zero attached hydrogens (tertiary/aromatic N) is 1. The molecule has 1 aromatic rings. The largest absolute Gasteiger partial charge is 0.444 e. The van der Waals surface area contributed by atoms with Crippen molar-refractivity contribution in [1.29, 1.82) is 0 Å². The standard InChI is InChI=1S/C20H28NO6P/c1-7-13-20(28(24,25-5)26-6)17(22)14-16(15-11-9-8-10-12-15)21(20)18(23)27-19(2,3)4/h7-12,16H,1,13-14H2,2-6H3/t16-,20-/m1/s1. The van der Waals surface area contributed by atoms with E-state index >= 15 is 0 Å². The molecular weight excluding hydrogens is 381 g/mol. The maximum absolute atomic E-state index is 13.6. The molecule has 0 spiro atoms. The van der Waals surface area contributed by atoms with Crippen LogP contribution in [0.15, 0.2) is 43.0 Å². The van der Waals surface area contributed by atoms with Gasteiger partial charge in [-0.05, 0) is 26.3 Å². The summed E-state index contributed by atoms with van der Waals surface area (Å²) in [5.41, 5.74) is -0.0833. The van der Waals surface area contributed by atoms with Crippen molar-refractivity contribution in [2.45, 2.75) is 50.5 Å². The Morgan fingerprint density at radius 3 is 2.32 bits per heavy atom. The second kappa shape index (κ2) is 8.19. The molecule has 1 heterocycles. The zero-order valence-electron chi connectivity index (χ0n) is 17.0. The van der Waals surface area contributed by atoms with E-state index in [4.69, 9.17) is 13.8 Å². The summed E-state index contributed by atoms with van der Waals surface area (Å²) in [5.74, 6) is -0.417. The van der Waals surface area contributed by atoms with E-state index in [-0.39, 0.29) is 12.8 Å². The van der Waals surface area contributed by atoms with Gasteiger partial charge in [0.2, 0.25) is 5.28 Å². The summed E-state index contributed by atoms with van der Waals surface area (Å²) in [5, 5.41) is -1.85. The summed E-state index contributed by atoms with van der Waals surface area (Å²) in [6.45, 7) is 8.86. The van der Waals surface area contributed by atoms with Crippen LogP contribution >= 0.6 is 7.60 Å². The van der Waals surface area contributed by atoms with Crippen LogP contribution in [0.3, 0.4) is 0 Å². The van der Waals surface area contributed by atoms with Gasteiger partial charge in [-0.25, -0.2) is 4.79 Å². The Morgan fingerprint density at radius 2 is 1.86 bits per heavy atom. The van der Waals surface area contributed by atoms with E-state index in [9.17, 15) is 14.2 Å². The third kappa shape index (κ3) is 3.79. The zero-order valence-corrected chi connectivity index (χ0v) is 17.9. The Hall–Kier alpha value is -1.95. The van der Waals surface area contributed by atoms with Crippen LogP contribution in [0.1, 0.15) is 45.2 Å². The summed E-state index contributed by atoms with van der Waals surface area (Å²) in [4.78, 5) is 27.8. The van der Waals surface area contributed by atoms with Crippen LogP contribution in [-0.2, 0) is 23.1 Å². The minimum atomic E-state index is -4.06. The molecule has 0 bridgehead atoms. The van der Waals surface area contributed by atoms with E-state index in [1.807, 2.05) is 30.3 Å². The minimum Gasteiger partial charge on any atom is -0.444 e. The fourth-order valence-electron chi connectivity index (χ4n) is 3.54. The van der Waals surface area contributed by atoms with Crippen LogP contribution in [0.25, 0.3) is 0 Å². The smallest absolute Gasteiger partial charge is 0.412 e. The molecule has 1 fully saturated rings. The van der Waals surface area contributed by atoms with Crippen molar-refractivity contribution in [3.05, 3.63) is 48.6 Å². The molecule has 1 aliphatic heterocycles. The van der Waals surface area contributed by atoms with Gasteiger partial charge in [-0.1, -0.05) is 36.4 Å². The third-order valence-electron chi connectivity index (χ3n) is 4.67. The monoisotopic (exact) mass is 409 g/mol. The Labute approximate surface area is 166 Å². The molecule has 7 nitrogen and oxygen atoms in total. The molecule has 1 saturated heterocycles. The molecule has 0 saturated carbocycles. The van der Waals surface area contributed by atoms with Crippen LogP contribution < -0.4 is 0 Å². The topological polar surface area (TPSA) is 82.1 Å². The lowest BCUT2D eigenvalue weighted by Crippen LogP contribution is -2.53. The number of likely N-dealkylation sites (tertiary alicyclic amines) is 1. The Morgan fingerprint density at radius 1 is 1.29 bits per heavy atom. The van der Waals surface area contributed by atoms with Gasteiger partial charge >= 0.3 is 13.7 Å². The van der Waals surface area contributed by atoms with Gasteiger partial charge in [0.05, 0.1) is 6.04 Å². The van der Waals surface area contributed by atoms with Crippen LogP contribution in [-0.4, -0.2) is 41.9 Å². The number of hydrogen-bond acceptors (Lipinski definition) is 6. The molecule has 0 radical (unpaired) electrons. The molecule has 154 valence electrons. The first-order chi connectivity index (χ1) is 13.1. The van der Waals surface area contributed by atoms with E-state index in [1.165, 1.54) is 25.2 Å². The van der Waals surface area contributed by atoms with Gasteiger partial charge in [0.15, 0.2) is 5.78 Å². The first kappa shape index (κ1) is 22.3. The lowest BCUT2D eigenvalue weighted by Gasteiger charge is -2.42. The van der Waals surface area contributed by atoms with Gasteiger partial charge in [-0.2, -0.15) is 0 Å². The lowest BCUT2D eigenvalue weighted by atomic mass is 10.0. The fourth-order valence-corrected chi connectivity index (χ4v) is 5.53. The summed E-state index contributed by atoms with van der Waals surface area (Å²) in [6, 6.07) is 8.42. The SMILES string of the molecule is C=CC[C@@]1(P(=O)(OC)OC)C(=O)C[C@H](c2ccccc2)N1C(=O)OC(C)(C)C. The van der Waals surface area contributed by atoms with Crippen molar-refractivity contribution in [3.63, 3.8) is 0 Å². The molecule has 1 aliphatic rings. The molecule has 28 heavy (non-hydrogen) atoms. The number of rotatable bonds is 6. The third-order valence-corrected chi connectivity index (χ3v) is 7.19. The Kier molecular flexibility index (Phi) is 6.54. The molecule has 2 rings (SSSR count). The van der Waals surface area contributed by atoms with E-state index in [1.54, 1.807) is 20.8 Å². The summed E-state index contributed by atoms with van der Waals surface area (Å²) < 4.78 is 29.6. The van der Waals surface area contributed by atoms with Gasteiger partial charge in [0, 0.05) is 27.1 Å². The number of hydrogen-bond donors (Lipinski definition) is 0. The highest BCUT2D eigenvalue weighted by atomic mass is 31.2. The van der Waals surface area contributed by atoms with Gasteiger partial charge in [0.1, 0.15) is 5.60 Å². The molecule has 0 unspecified atom stereocenters. The van der Waals surface area contributed by atoms with Gasteiger partial charge in [-0.15, -0.1) is 6.58 Å². The number of carbonyl (C=O) groups excluding carboxylic acids is 2. The second-order valence-electron chi connectivity index (χ2n) is 7.58. The predicted molar refractivity (Wildman–Crippen MR) is 106 cm³/mol. The fraction of sp³-hybridized carbons (Fsp3) is 0.500. The van der Waals surface area contributed by atoms with Crippen molar-refractivity contribution in [2.24, 2.45) is 0 Å². The first-order valence-electron chi connectivity index (χ1n) is 8.99. The number of Topliss-reactive ketones (excluding diaryl/α,β-unsaturated/α-hetero) is 1. The van der Waals surface area contributed by atoms with Crippen molar-refractivity contribution in [2.75, 3.05) is 14.2 Å². The van der Waals surface area contributed by atoms with Gasteiger partial charge in [-0.3, -0.25) is 14.3 Å². The molecule has 1 aromatic carbocycles. The minimum absolute atomic E-state index is 0.0339. The van der Waals surface area contributed by atoms with Crippen molar-refractivity contribution >= 4 is 19.5 Å². The number of amides is 1. The second-order valence-corrected chi connectivity index (χ2v) is 10.0.